The fourth-order valence-electron chi connectivity index (χ4n) is 1.49. The largest absolute Gasteiger partial charge is 0.477 e. The molecule has 0 aliphatic rings. The third kappa shape index (κ3) is 3.98. The van der Waals surface area contributed by atoms with Crippen LogP contribution in [0.4, 0.5) is 5.69 Å². The van der Waals surface area contributed by atoms with E-state index in [0.29, 0.717) is 5.69 Å². The van der Waals surface area contributed by atoms with Gasteiger partial charge < -0.3 is 10.4 Å². The minimum absolute atomic E-state index is 0.203. The molecule has 0 spiro atoms. The predicted molar refractivity (Wildman–Crippen MR) is 75.5 cm³/mol. The number of carbonyl (C=O) groups excluding carboxylic acids is 1. The van der Waals surface area contributed by atoms with E-state index in [1.54, 1.807) is 12.1 Å². The van der Waals surface area contributed by atoms with Gasteiger partial charge in [0.1, 0.15) is 10.1 Å². The zero-order valence-corrected chi connectivity index (χ0v) is 11.9. The van der Waals surface area contributed by atoms with Crippen LogP contribution in [0, 0.1) is 0 Å². The average Bonchev–Trinajstić information content (AvgIpc) is 2.37. The second kappa shape index (κ2) is 6.59. The normalized spacial score (nSPS) is 12.1. The van der Waals surface area contributed by atoms with Crippen molar-refractivity contribution in [1.29, 1.82) is 0 Å². The molecule has 0 fully saturated rings. The molecule has 0 saturated heterocycles. The van der Waals surface area contributed by atoms with Gasteiger partial charge >= 0.3 is 5.97 Å². The first kappa shape index (κ1) is 15.5. The summed E-state index contributed by atoms with van der Waals surface area (Å²) in [7, 11) is 0. The van der Waals surface area contributed by atoms with Crippen molar-refractivity contribution in [3.05, 3.63) is 39.9 Å². The first-order valence-corrected chi connectivity index (χ1v) is 6.29. The van der Waals surface area contributed by atoms with E-state index in [9.17, 15) is 9.59 Å². The Labute approximate surface area is 121 Å². The fourth-order valence-corrected chi connectivity index (χ4v) is 1.70. The number of hydrogen-bond acceptors (Lipinski definition) is 2. The van der Waals surface area contributed by atoms with Crippen molar-refractivity contribution in [3.63, 3.8) is 0 Å². The minimum Gasteiger partial charge on any atom is -0.477 e. The van der Waals surface area contributed by atoms with E-state index in [2.05, 4.69) is 5.32 Å². The van der Waals surface area contributed by atoms with Gasteiger partial charge in [0.05, 0.1) is 0 Å². The molecule has 1 aromatic rings. The van der Waals surface area contributed by atoms with Crippen LogP contribution in [-0.4, -0.2) is 17.0 Å². The Hall–Kier alpha value is -1.52. The Morgan fingerprint density at radius 3 is 2.26 bits per heavy atom. The number of nitrogens with one attached hydrogen (secondary N) is 1. The smallest absolute Gasteiger partial charge is 0.349 e. The van der Waals surface area contributed by atoms with E-state index >= 15 is 0 Å². The van der Waals surface area contributed by atoms with Gasteiger partial charge in [0.15, 0.2) is 0 Å². The average molecular weight is 302 g/mol. The number of carbonyl (C=O) groups is 2. The third-order valence-electron chi connectivity index (χ3n) is 2.41. The van der Waals surface area contributed by atoms with Crippen molar-refractivity contribution in [2.45, 2.75) is 19.8 Å². The number of rotatable bonds is 4. The molecule has 102 valence electrons. The molecule has 0 heterocycles. The van der Waals surface area contributed by atoms with Gasteiger partial charge in [0, 0.05) is 5.69 Å². The molecule has 0 aliphatic carbocycles. The molecule has 2 N–H and O–H groups in total. The lowest BCUT2D eigenvalue weighted by Gasteiger charge is -2.13. The molecule has 0 aromatic heterocycles. The van der Waals surface area contributed by atoms with Crippen LogP contribution in [-0.2, 0) is 9.59 Å². The highest BCUT2D eigenvalue weighted by molar-refractivity contribution is 6.54. The predicted octanol–water partition coefficient (Wildman–Crippen LogP) is 3.52. The van der Waals surface area contributed by atoms with Gasteiger partial charge in [-0.3, -0.25) is 4.79 Å². The highest BCUT2D eigenvalue weighted by atomic mass is 35.5. The molecule has 1 rings (SSSR count). The minimum atomic E-state index is -1.45. The summed E-state index contributed by atoms with van der Waals surface area (Å²) in [6.45, 7) is 3.96. The first-order valence-electron chi connectivity index (χ1n) is 5.53. The molecular formula is C13H13Cl2NO3. The Kier molecular flexibility index (Phi) is 5.39. The number of halogens is 2. The van der Waals surface area contributed by atoms with Gasteiger partial charge in [-0.05, 0) is 17.5 Å². The number of hydrogen-bond donors (Lipinski definition) is 2. The zero-order chi connectivity index (χ0) is 14.6. The topological polar surface area (TPSA) is 66.4 Å². The second-order valence-electron chi connectivity index (χ2n) is 4.13. The number of benzene rings is 1. The maximum atomic E-state index is 11.8. The van der Waals surface area contributed by atoms with Gasteiger partial charge in [-0.15, -0.1) is 0 Å². The molecule has 0 unspecified atom stereocenters. The van der Waals surface area contributed by atoms with E-state index in [4.69, 9.17) is 28.3 Å². The van der Waals surface area contributed by atoms with Gasteiger partial charge in [-0.25, -0.2) is 4.79 Å². The molecular weight excluding hydrogens is 289 g/mol. The molecule has 1 aromatic carbocycles. The van der Waals surface area contributed by atoms with Crippen LogP contribution < -0.4 is 5.32 Å². The summed E-state index contributed by atoms with van der Waals surface area (Å²) in [6, 6.07) is 7.20. The molecule has 6 heteroatoms. The maximum Gasteiger partial charge on any atom is 0.349 e. The second-order valence-corrected chi connectivity index (χ2v) is 4.89. The third-order valence-corrected chi connectivity index (χ3v) is 3.22. The van der Waals surface area contributed by atoms with Crippen LogP contribution in [0.1, 0.15) is 25.3 Å². The number of para-hydroxylation sites is 1. The Morgan fingerprint density at radius 2 is 1.74 bits per heavy atom. The molecule has 0 aliphatic heterocycles. The number of anilines is 1. The molecule has 0 atom stereocenters. The summed E-state index contributed by atoms with van der Waals surface area (Å²) in [5.74, 6) is -1.99. The van der Waals surface area contributed by atoms with Crippen LogP contribution in [0.5, 0.6) is 0 Å². The van der Waals surface area contributed by atoms with Crippen LogP contribution in [0.25, 0.3) is 0 Å². The fraction of sp³-hybridized carbons (Fsp3) is 0.231. The summed E-state index contributed by atoms with van der Waals surface area (Å²) in [6.07, 6.45) is 0. The molecule has 0 bridgehead atoms. The number of amides is 1. The van der Waals surface area contributed by atoms with Crippen LogP contribution >= 0.6 is 23.2 Å². The molecule has 4 nitrogen and oxygen atoms in total. The molecule has 0 radical (unpaired) electrons. The highest BCUT2D eigenvalue weighted by Crippen LogP contribution is 2.25. The van der Waals surface area contributed by atoms with E-state index < -0.39 is 21.9 Å². The van der Waals surface area contributed by atoms with E-state index in [-0.39, 0.29) is 5.92 Å². The van der Waals surface area contributed by atoms with Gasteiger partial charge in [0.2, 0.25) is 0 Å². The molecule has 0 saturated carbocycles. The molecule has 1 amide bonds. The first-order chi connectivity index (χ1) is 8.84. The SMILES string of the molecule is CC(C)c1ccccc1NC(=O)C(Cl)=C(Cl)C(=O)O. The van der Waals surface area contributed by atoms with E-state index in [0.717, 1.165) is 5.56 Å². The summed E-state index contributed by atoms with van der Waals surface area (Å²) < 4.78 is 0. The quantitative estimate of drug-likeness (QED) is 0.836. The van der Waals surface area contributed by atoms with Crippen molar-refractivity contribution >= 4 is 40.8 Å². The van der Waals surface area contributed by atoms with Gasteiger partial charge in [0.25, 0.3) is 5.91 Å². The summed E-state index contributed by atoms with van der Waals surface area (Å²) >= 11 is 11.0. The summed E-state index contributed by atoms with van der Waals surface area (Å²) in [5, 5.41) is 9.95. The monoisotopic (exact) mass is 301 g/mol. The van der Waals surface area contributed by atoms with Crippen molar-refractivity contribution in [2.75, 3.05) is 5.32 Å². The van der Waals surface area contributed by atoms with Crippen molar-refractivity contribution in [2.24, 2.45) is 0 Å². The number of carboxylic acids is 1. The van der Waals surface area contributed by atoms with Crippen molar-refractivity contribution in [3.8, 4) is 0 Å². The molecule has 19 heavy (non-hydrogen) atoms. The summed E-state index contributed by atoms with van der Waals surface area (Å²) in [5.41, 5.74) is 1.50. The zero-order valence-electron chi connectivity index (χ0n) is 10.4. The van der Waals surface area contributed by atoms with Crippen molar-refractivity contribution in [1.82, 2.24) is 0 Å². The number of carboxylic acid groups (broad SMARTS) is 1. The van der Waals surface area contributed by atoms with E-state index in [1.165, 1.54) is 0 Å². The lowest BCUT2D eigenvalue weighted by Crippen LogP contribution is -2.15. The van der Waals surface area contributed by atoms with Crippen LogP contribution in [0.2, 0.25) is 0 Å². The summed E-state index contributed by atoms with van der Waals surface area (Å²) in [4.78, 5) is 22.4. The van der Waals surface area contributed by atoms with Crippen molar-refractivity contribution < 1.29 is 14.7 Å². The lowest BCUT2D eigenvalue weighted by atomic mass is 10.0. The van der Waals surface area contributed by atoms with Crippen LogP contribution in [0.15, 0.2) is 34.3 Å². The highest BCUT2D eigenvalue weighted by Gasteiger charge is 2.18. The maximum absolute atomic E-state index is 11.8. The Morgan fingerprint density at radius 1 is 1.16 bits per heavy atom. The van der Waals surface area contributed by atoms with E-state index in [1.807, 2.05) is 26.0 Å². The van der Waals surface area contributed by atoms with Gasteiger partial charge in [-0.2, -0.15) is 0 Å². The van der Waals surface area contributed by atoms with Gasteiger partial charge in [-0.1, -0.05) is 55.2 Å². The van der Waals surface area contributed by atoms with Crippen LogP contribution in [0.3, 0.4) is 0 Å². The standard InChI is InChI=1S/C13H13Cl2NO3/c1-7(2)8-5-3-4-6-9(8)16-12(17)10(14)11(15)13(18)19/h3-7H,1-2H3,(H,16,17)(H,18,19). The Balaban J connectivity index is 3.01. The number of aliphatic carboxylic acids is 1. The lowest BCUT2D eigenvalue weighted by molar-refractivity contribution is -0.132. The Bertz CT molecular complexity index is 538.